The van der Waals surface area contributed by atoms with E-state index in [9.17, 15) is 0 Å². The SMILES string of the molecule is COCCCNCCSc1ccc2c(c1)OCCCO2. The normalized spacial score (nSPS) is 14.1. The van der Waals surface area contributed by atoms with Crippen molar-refractivity contribution in [2.45, 2.75) is 17.7 Å². The first-order valence-corrected chi connectivity index (χ1v) is 8.11. The molecule has 0 radical (unpaired) electrons. The van der Waals surface area contributed by atoms with Crippen LogP contribution in [0.15, 0.2) is 23.1 Å². The standard InChI is InChI=1S/C15H23NO3S/c1-17-8-2-6-16-7-11-20-13-4-5-14-15(12-13)19-10-3-9-18-14/h4-5,12,16H,2-3,6-11H2,1H3. The number of methoxy groups -OCH3 is 1. The summed E-state index contributed by atoms with van der Waals surface area (Å²) in [4.78, 5) is 1.23. The third-order valence-corrected chi connectivity index (χ3v) is 3.96. The number of fused-ring (bicyclic) bond motifs is 1. The fourth-order valence-electron chi connectivity index (χ4n) is 1.94. The summed E-state index contributed by atoms with van der Waals surface area (Å²) in [6.45, 7) is 4.31. The van der Waals surface area contributed by atoms with E-state index >= 15 is 0 Å². The van der Waals surface area contributed by atoms with Crippen molar-refractivity contribution in [1.29, 1.82) is 0 Å². The maximum atomic E-state index is 5.69. The molecule has 1 aliphatic heterocycles. The second-order valence-corrected chi connectivity index (χ2v) is 5.77. The van der Waals surface area contributed by atoms with E-state index in [0.29, 0.717) is 0 Å². The highest BCUT2D eigenvalue weighted by atomic mass is 32.2. The van der Waals surface area contributed by atoms with Gasteiger partial charge in [-0.25, -0.2) is 0 Å². The third kappa shape index (κ3) is 5.23. The van der Waals surface area contributed by atoms with Gasteiger partial charge < -0.3 is 19.5 Å². The van der Waals surface area contributed by atoms with Crippen LogP contribution in [0.25, 0.3) is 0 Å². The first kappa shape index (κ1) is 15.5. The van der Waals surface area contributed by atoms with Crippen molar-refractivity contribution in [1.82, 2.24) is 5.32 Å². The minimum absolute atomic E-state index is 0.738. The van der Waals surface area contributed by atoms with E-state index in [0.717, 1.165) is 63.0 Å². The fraction of sp³-hybridized carbons (Fsp3) is 0.600. The molecule has 0 atom stereocenters. The molecule has 112 valence electrons. The quantitative estimate of drug-likeness (QED) is 0.590. The smallest absolute Gasteiger partial charge is 0.162 e. The van der Waals surface area contributed by atoms with Crippen LogP contribution in [0.1, 0.15) is 12.8 Å². The topological polar surface area (TPSA) is 39.7 Å². The molecule has 0 saturated carbocycles. The monoisotopic (exact) mass is 297 g/mol. The van der Waals surface area contributed by atoms with Crippen molar-refractivity contribution in [2.75, 3.05) is 45.8 Å². The second-order valence-electron chi connectivity index (χ2n) is 4.60. The summed E-state index contributed by atoms with van der Waals surface area (Å²) in [5, 5.41) is 3.41. The summed E-state index contributed by atoms with van der Waals surface area (Å²) >= 11 is 1.83. The molecule has 0 aliphatic carbocycles. The van der Waals surface area contributed by atoms with Gasteiger partial charge in [-0.05, 0) is 31.2 Å². The van der Waals surface area contributed by atoms with Gasteiger partial charge in [0.15, 0.2) is 11.5 Å². The Morgan fingerprint density at radius 2 is 2.05 bits per heavy atom. The maximum absolute atomic E-state index is 5.69. The van der Waals surface area contributed by atoms with Crippen LogP contribution in [-0.2, 0) is 4.74 Å². The Balaban J connectivity index is 1.69. The number of benzene rings is 1. The van der Waals surface area contributed by atoms with Crippen LogP contribution in [-0.4, -0.2) is 45.8 Å². The van der Waals surface area contributed by atoms with E-state index in [4.69, 9.17) is 14.2 Å². The Kier molecular flexibility index (Phi) is 7.05. The molecule has 20 heavy (non-hydrogen) atoms. The number of ether oxygens (including phenoxy) is 3. The predicted molar refractivity (Wildman–Crippen MR) is 82.1 cm³/mol. The minimum atomic E-state index is 0.738. The lowest BCUT2D eigenvalue weighted by Gasteiger charge is -2.09. The average molecular weight is 297 g/mol. The van der Waals surface area contributed by atoms with Crippen molar-refractivity contribution in [2.24, 2.45) is 0 Å². The number of hydrogen-bond acceptors (Lipinski definition) is 5. The van der Waals surface area contributed by atoms with Crippen LogP contribution < -0.4 is 14.8 Å². The van der Waals surface area contributed by atoms with Gasteiger partial charge in [-0.3, -0.25) is 0 Å². The first-order valence-electron chi connectivity index (χ1n) is 7.12. The van der Waals surface area contributed by atoms with Gasteiger partial charge >= 0.3 is 0 Å². The summed E-state index contributed by atoms with van der Waals surface area (Å²) < 4.78 is 16.3. The summed E-state index contributed by atoms with van der Waals surface area (Å²) in [6, 6.07) is 6.19. The maximum Gasteiger partial charge on any atom is 0.162 e. The van der Waals surface area contributed by atoms with Crippen molar-refractivity contribution < 1.29 is 14.2 Å². The van der Waals surface area contributed by atoms with Gasteiger partial charge in [-0.2, -0.15) is 0 Å². The fourth-order valence-corrected chi connectivity index (χ4v) is 2.78. The zero-order valence-electron chi connectivity index (χ0n) is 12.0. The molecular formula is C15H23NO3S. The number of nitrogens with one attached hydrogen (secondary N) is 1. The summed E-state index contributed by atoms with van der Waals surface area (Å²) in [6.07, 6.45) is 2.01. The molecule has 4 nitrogen and oxygen atoms in total. The highest BCUT2D eigenvalue weighted by molar-refractivity contribution is 7.99. The molecule has 0 fully saturated rings. The van der Waals surface area contributed by atoms with Crippen molar-refractivity contribution in [3.8, 4) is 11.5 Å². The van der Waals surface area contributed by atoms with E-state index < -0.39 is 0 Å². The summed E-state index contributed by atoms with van der Waals surface area (Å²) in [5.41, 5.74) is 0. The molecular weight excluding hydrogens is 274 g/mol. The van der Waals surface area contributed by atoms with Gasteiger partial charge in [-0.1, -0.05) is 0 Å². The van der Waals surface area contributed by atoms with Crippen molar-refractivity contribution >= 4 is 11.8 Å². The van der Waals surface area contributed by atoms with Gasteiger partial charge in [0.25, 0.3) is 0 Å². The average Bonchev–Trinajstić information content (AvgIpc) is 2.71. The molecule has 0 aromatic heterocycles. The zero-order chi connectivity index (χ0) is 14.0. The number of thioether (sulfide) groups is 1. The first-order chi connectivity index (χ1) is 9.90. The lowest BCUT2D eigenvalue weighted by molar-refractivity contribution is 0.194. The van der Waals surface area contributed by atoms with Crippen LogP contribution >= 0.6 is 11.8 Å². The number of rotatable bonds is 8. The van der Waals surface area contributed by atoms with E-state index in [2.05, 4.69) is 17.4 Å². The van der Waals surface area contributed by atoms with Crippen LogP contribution in [0.4, 0.5) is 0 Å². The molecule has 0 saturated heterocycles. The lowest BCUT2D eigenvalue weighted by Crippen LogP contribution is -2.19. The van der Waals surface area contributed by atoms with Gasteiger partial charge in [-0.15, -0.1) is 11.8 Å². The second kappa shape index (κ2) is 9.10. The van der Waals surface area contributed by atoms with Crippen molar-refractivity contribution in [3.63, 3.8) is 0 Å². The van der Waals surface area contributed by atoms with E-state index in [1.807, 2.05) is 17.8 Å². The summed E-state index contributed by atoms with van der Waals surface area (Å²) in [7, 11) is 1.74. The molecule has 1 heterocycles. The van der Waals surface area contributed by atoms with Crippen LogP contribution in [0.5, 0.6) is 11.5 Å². The lowest BCUT2D eigenvalue weighted by atomic mass is 10.3. The molecule has 0 amide bonds. The Bertz CT molecular complexity index is 401. The number of hydrogen-bond donors (Lipinski definition) is 1. The molecule has 1 aliphatic rings. The summed E-state index contributed by atoms with van der Waals surface area (Å²) in [5.74, 6) is 2.79. The van der Waals surface area contributed by atoms with Gasteiger partial charge in [0.05, 0.1) is 13.2 Å². The molecule has 1 N–H and O–H groups in total. The van der Waals surface area contributed by atoms with Crippen LogP contribution in [0, 0.1) is 0 Å². The Morgan fingerprint density at radius 3 is 2.90 bits per heavy atom. The van der Waals surface area contributed by atoms with Gasteiger partial charge in [0.2, 0.25) is 0 Å². The highest BCUT2D eigenvalue weighted by Crippen LogP contribution is 2.33. The largest absolute Gasteiger partial charge is 0.490 e. The van der Waals surface area contributed by atoms with Gasteiger partial charge in [0.1, 0.15) is 0 Å². The van der Waals surface area contributed by atoms with E-state index in [1.54, 1.807) is 7.11 Å². The van der Waals surface area contributed by atoms with Crippen LogP contribution in [0.2, 0.25) is 0 Å². The Hall–Kier alpha value is -0.910. The third-order valence-electron chi connectivity index (χ3n) is 2.97. The molecule has 1 aromatic rings. The Labute approximate surface area is 125 Å². The molecule has 2 rings (SSSR count). The van der Waals surface area contributed by atoms with Crippen LogP contribution in [0.3, 0.4) is 0 Å². The zero-order valence-corrected chi connectivity index (χ0v) is 12.8. The van der Waals surface area contributed by atoms with Gasteiger partial charge in [0, 0.05) is 37.3 Å². The van der Waals surface area contributed by atoms with Crippen molar-refractivity contribution in [3.05, 3.63) is 18.2 Å². The minimum Gasteiger partial charge on any atom is -0.490 e. The molecule has 0 unspecified atom stereocenters. The molecule has 5 heteroatoms. The highest BCUT2D eigenvalue weighted by Gasteiger charge is 2.10. The molecule has 1 aromatic carbocycles. The van der Waals surface area contributed by atoms with E-state index in [1.165, 1.54) is 4.90 Å². The Morgan fingerprint density at radius 1 is 1.20 bits per heavy atom. The predicted octanol–water partition coefficient (Wildman–Crippen LogP) is 2.57. The molecule has 0 spiro atoms. The molecule has 0 bridgehead atoms. The van der Waals surface area contributed by atoms with E-state index in [-0.39, 0.29) is 0 Å².